The smallest absolute Gasteiger partial charge is 0.328 e. The van der Waals surface area contributed by atoms with Crippen molar-refractivity contribution in [1.82, 2.24) is 9.97 Å². The molecule has 0 saturated carbocycles. The lowest BCUT2D eigenvalue weighted by molar-refractivity contribution is -0.131. The van der Waals surface area contributed by atoms with E-state index in [9.17, 15) is 4.79 Å². The second kappa shape index (κ2) is 6.56. The molecule has 1 aromatic rings. The van der Waals surface area contributed by atoms with Crippen molar-refractivity contribution in [2.75, 3.05) is 23.7 Å². The number of carboxylic acids is 1. The molecule has 1 fully saturated rings. The Morgan fingerprint density at radius 1 is 1.58 bits per heavy atom. The van der Waals surface area contributed by atoms with E-state index in [0.717, 1.165) is 37.3 Å². The minimum Gasteiger partial charge on any atom is -0.478 e. The predicted molar refractivity (Wildman–Crippen MR) is 77.5 cm³/mol. The average molecular weight is 279 g/mol. The van der Waals surface area contributed by atoms with E-state index < -0.39 is 5.97 Å². The van der Waals surface area contributed by atoms with Crippen molar-refractivity contribution in [3.63, 3.8) is 0 Å². The number of rotatable bonds is 4. The molecule has 2 rings (SSSR count). The molecule has 1 N–H and O–H groups in total. The lowest BCUT2D eigenvalue weighted by Gasteiger charge is -2.31. The Hall–Kier alpha value is -1.56. The molecule has 0 bridgehead atoms. The highest BCUT2D eigenvalue weighted by molar-refractivity contribution is 8.00. The number of anilines is 1. The summed E-state index contributed by atoms with van der Waals surface area (Å²) in [6.45, 7) is 4.14. The number of carbonyl (C=O) groups is 1. The predicted octanol–water partition coefficient (Wildman–Crippen LogP) is 1.91. The minimum atomic E-state index is -0.970. The topological polar surface area (TPSA) is 66.3 Å². The molecule has 1 unspecified atom stereocenters. The lowest BCUT2D eigenvalue weighted by atomic mass is 10.3. The van der Waals surface area contributed by atoms with Crippen LogP contribution in [0.3, 0.4) is 0 Å². The zero-order valence-electron chi connectivity index (χ0n) is 10.8. The number of carboxylic acid groups (broad SMARTS) is 1. The molecule has 2 heterocycles. The van der Waals surface area contributed by atoms with Gasteiger partial charge in [0.25, 0.3) is 0 Å². The van der Waals surface area contributed by atoms with E-state index in [1.54, 1.807) is 12.4 Å². The third-order valence-electron chi connectivity index (χ3n) is 2.95. The fraction of sp³-hybridized carbons (Fsp3) is 0.462. The first kappa shape index (κ1) is 13.9. The van der Waals surface area contributed by atoms with E-state index in [1.807, 2.05) is 11.8 Å². The van der Waals surface area contributed by atoms with Crippen molar-refractivity contribution in [1.29, 1.82) is 0 Å². The standard InChI is InChI=1S/C13H17N3O2S/c1-2-11-9-16(5-6-19-11)13-14-7-10(8-15-13)3-4-12(17)18/h3-4,7-8,11H,2,5-6,9H2,1H3,(H,17,18)/b4-3+. The Morgan fingerprint density at radius 2 is 2.32 bits per heavy atom. The number of aliphatic carboxylic acids is 1. The van der Waals surface area contributed by atoms with E-state index in [0.29, 0.717) is 10.8 Å². The van der Waals surface area contributed by atoms with Crippen molar-refractivity contribution >= 4 is 29.8 Å². The molecule has 0 aliphatic carbocycles. The van der Waals surface area contributed by atoms with Crippen LogP contribution in [-0.4, -0.2) is 45.1 Å². The third-order valence-corrected chi connectivity index (χ3v) is 4.33. The van der Waals surface area contributed by atoms with Crippen LogP contribution in [0.5, 0.6) is 0 Å². The second-order valence-electron chi connectivity index (χ2n) is 4.34. The molecule has 1 aliphatic rings. The molecule has 102 valence electrons. The number of nitrogens with zero attached hydrogens (tertiary/aromatic N) is 3. The van der Waals surface area contributed by atoms with Crippen molar-refractivity contribution in [3.8, 4) is 0 Å². The summed E-state index contributed by atoms with van der Waals surface area (Å²) in [6, 6.07) is 0. The Balaban J connectivity index is 2.03. The van der Waals surface area contributed by atoms with Crippen LogP contribution in [0.4, 0.5) is 5.95 Å². The summed E-state index contributed by atoms with van der Waals surface area (Å²) in [5.74, 6) is 0.858. The van der Waals surface area contributed by atoms with E-state index in [2.05, 4.69) is 21.8 Å². The zero-order valence-corrected chi connectivity index (χ0v) is 11.6. The molecule has 0 aromatic carbocycles. The monoisotopic (exact) mass is 279 g/mol. The van der Waals surface area contributed by atoms with Gasteiger partial charge in [0.1, 0.15) is 0 Å². The normalized spacial score (nSPS) is 19.8. The Kier molecular flexibility index (Phi) is 4.79. The minimum absolute atomic E-state index is 0.643. The van der Waals surface area contributed by atoms with Crippen LogP contribution in [0, 0.1) is 0 Å². The summed E-state index contributed by atoms with van der Waals surface area (Å²) < 4.78 is 0. The van der Waals surface area contributed by atoms with Gasteiger partial charge in [0.15, 0.2) is 0 Å². The first-order valence-electron chi connectivity index (χ1n) is 6.28. The molecule has 1 atom stereocenters. The van der Waals surface area contributed by atoms with Crippen molar-refractivity contribution in [3.05, 3.63) is 24.0 Å². The summed E-state index contributed by atoms with van der Waals surface area (Å²) in [6.07, 6.45) is 7.05. The number of thioether (sulfide) groups is 1. The second-order valence-corrected chi connectivity index (χ2v) is 5.74. The Labute approximate surface area is 116 Å². The zero-order chi connectivity index (χ0) is 13.7. The van der Waals surface area contributed by atoms with E-state index in [1.165, 1.54) is 6.08 Å². The van der Waals surface area contributed by atoms with Gasteiger partial charge >= 0.3 is 5.97 Å². The van der Waals surface area contributed by atoms with Gasteiger partial charge in [-0.05, 0) is 12.5 Å². The molecule has 1 saturated heterocycles. The van der Waals surface area contributed by atoms with Crippen LogP contribution in [0.1, 0.15) is 18.9 Å². The molecule has 1 aliphatic heterocycles. The maximum Gasteiger partial charge on any atom is 0.328 e. The quantitative estimate of drug-likeness (QED) is 0.849. The Bertz CT molecular complexity index is 461. The van der Waals surface area contributed by atoms with Crippen LogP contribution in [-0.2, 0) is 4.79 Å². The van der Waals surface area contributed by atoms with Gasteiger partial charge in [0.05, 0.1) is 0 Å². The molecular weight excluding hydrogens is 262 g/mol. The summed E-state index contributed by atoms with van der Waals surface area (Å²) in [5, 5.41) is 9.19. The average Bonchev–Trinajstić information content (AvgIpc) is 2.45. The fourth-order valence-electron chi connectivity index (χ4n) is 1.90. The van der Waals surface area contributed by atoms with Gasteiger partial charge in [-0.2, -0.15) is 11.8 Å². The van der Waals surface area contributed by atoms with Gasteiger partial charge in [0.2, 0.25) is 5.95 Å². The van der Waals surface area contributed by atoms with Crippen LogP contribution >= 0.6 is 11.8 Å². The van der Waals surface area contributed by atoms with E-state index in [4.69, 9.17) is 5.11 Å². The fourth-order valence-corrected chi connectivity index (χ4v) is 3.08. The van der Waals surface area contributed by atoms with Crippen LogP contribution in [0.15, 0.2) is 18.5 Å². The Morgan fingerprint density at radius 3 is 2.95 bits per heavy atom. The maximum absolute atomic E-state index is 10.4. The molecule has 0 radical (unpaired) electrons. The van der Waals surface area contributed by atoms with Crippen molar-refractivity contribution in [2.45, 2.75) is 18.6 Å². The molecular formula is C13H17N3O2S. The maximum atomic E-state index is 10.4. The first-order valence-corrected chi connectivity index (χ1v) is 7.33. The summed E-state index contributed by atoms with van der Waals surface area (Å²) >= 11 is 2.00. The number of hydrogen-bond acceptors (Lipinski definition) is 5. The van der Waals surface area contributed by atoms with Crippen LogP contribution in [0.2, 0.25) is 0 Å². The number of aromatic nitrogens is 2. The van der Waals surface area contributed by atoms with Crippen molar-refractivity contribution in [2.24, 2.45) is 0 Å². The van der Waals surface area contributed by atoms with Gasteiger partial charge in [-0.1, -0.05) is 6.92 Å². The highest BCUT2D eigenvalue weighted by atomic mass is 32.2. The van der Waals surface area contributed by atoms with Gasteiger partial charge in [-0.15, -0.1) is 0 Å². The van der Waals surface area contributed by atoms with Gasteiger partial charge < -0.3 is 10.0 Å². The molecule has 0 amide bonds. The molecule has 5 nitrogen and oxygen atoms in total. The van der Waals surface area contributed by atoms with Crippen LogP contribution in [0.25, 0.3) is 6.08 Å². The highest BCUT2D eigenvalue weighted by Gasteiger charge is 2.20. The third kappa shape index (κ3) is 3.96. The van der Waals surface area contributed by atoms with Gasteiger partial charge in [-0.25, -0.2) is 14.8 Å². The van der Waals surface area contributed by atoms with E-state index >= 15 is 0 Å². The molecule has 6 heteroatoms. The van der Waals surface area contributed by atoms with E-state index in [-0.39, 0.29) is 0 Å². The van der Waals surface area contributed by atoms with Gasteiger partial charge in [-0.3, -0.25) is 0 Å². The number of hydrogen-bond donors (Lipinski definition) is 1. The molecule has 19 heavy (non-hydrogen) atoms. The first-order chi connectivity index (χ1) is 9.19. The van der Waals surface area contributed by atoms with Crippen LogP contribution < -0.4 is 4.90 Å². The molecule has 0 spiro atoms. The van der Waals surface area contributed by atoms with Crippen molar-refractivity contribution < 1.29 is 9.90 Å². The summed E-state index contributed by atoms with van der Waals surface area (Å²) in [5.41, 5.74) is 0.699. The largest absolute Gasteiger partial charge is 0.478 e. The summed E-state index contributed by atoms with van der Waals surface area (Å²) in [7, 11) is 0. The highest BCUT2D eigenvalue weighted by Crippen LogP contribution is 2.23. The summed E-state index contributed by atoms with van der Waals surface area (Å²) in [4.78, 5) is 21.2. The SMILES string of the molecule is CCC1CN(c2ncc(/C=C/C(=O)O)cn2)CCS1. The lowest BCUT2D eigenvalue weighted by Crippen LogP contribution is -2.38. The molecule has 1 aromatic heterocycles. The van der Waals surface area contributed by atoms with Gasteiger partial charge in [0, 0.05) is 48.1 Å².